The number of anilines is 1. The van der Waals surface area contributed by atoms with Crippen LogP contribution in [-0.4, -0.2) is 81.0 Å². The van der Waals surface area contributed by atoms with Crippen molar-refractivity contribution in [1.29, 1.82) is 0 Å². The van der Waals surface area contributed by atoms with Crippen molar-refractivity contribution in [2.75, 3.05) is 52.8 Å². The van der Waals surface area contributed by atoms with Gasteiger partial charge in [-0.3, -0.25) is 14.5 Å². The number of pyridine rings is 1. The standard InChI is InChI=1S/C24H30ClFN4O6/c1-33-20-13-30(14-21(31)36-11-3-10-35-16-6-4-15(26)5-7-16)9-8-19(20)28-23(32)17-12-18(25)22(27)29-24(17)34-2/h4-7,12,19-20H,3,8-11,13-14H2,1-2H3,(H2,27,29)(H,28,32)/t19-,20+/m0/s1. The van der Waals surface area contributed by atoms with Gasteiger partial charge in [-0.1, -0.05) is 11.6 Å². The first-order chi connectivity index (χ1) is 17.3. The Balaban J connectivity index is 1.42. The fraction of sp³-hybridized carbons (Fsp3) is 0.458. The first kappa shape index (κ1) is 27.4. The Labute approximate surface area is 213 Å². The number of ether oxygens (including phenoxy) is 4. The second-order valence-corrected chi connectivity index (χ2v) is 8.57. The van der Waals surface area contributed by atoms with Crippen LogP contribution in [0.25, 0.3) is 0 Å². The Kier molecular flexibility index (Phi) is 10.1. The van der Waals surface area contributed by atoms with Crippen molar-refractivity contribution in [3.8, 4) is 11.6 Å². The zero-order valence-corrected chi connectivity index (χ0v) is 20.9. The molecule has 12 heteroatoms. The summed E-state index contributed by atoms with van der Waals surface area (Å²) < 4.78 is 34.4. The Bertz CT molecular complexity index is 1040. The fourth-order valence-electron chi connectivity index (χ4n) is 3.77. The largest absolute Gasteiger partial charge is 0.493 e. The third-order valence-electron chi connectivity index (χ3n) is 5.66. The predicted octanol–water partition coefficient (Wildman–Crippen LogP) is 2.30. The maximum atomic E-state index is 12.9. The lowest BCUT2D eigenvalue weighted by Crippen LogP contribution is -2.55. The van der Waals surface area contributed by atoms with Crippen molar-refractivity contribution in [3.63, 3.8) is 0 Å². The summed E-state index contributed by atoms with van der Waals surface area (Å²) in [4.78, 5) is 31.0. The van der Waals surface area contributed by atoms with Gasteiger partial charge in [0.2, 0.25) is 5.88 Å². The summed E-state index contributed by atoms with van der Waals surface area (Å²) in [6.07, 6.45) is 0.718. The first-order valence-electron chi connectivity index (χ1n) is 11.4. The maximum Gasteiger partial charge on any atom is 0.320 e. The van der Waals surface area contributed by atoms with Gasteiger partial charge >= 0.3 is 5.97 Å². The molecule has 2 atom stereocenters. The van der Waals surface area contributed by atoms with Gasteiger partial charge < -0.3 is 30.0 Å². The molecule has 2 heterocycles. The number of likely N-dealkylation sites (tertiary alicyclic amines) is 1. The number of amides is 1. The van der Waals surface area contributed by atoms with Crippen LogP contribution in [0.2, 0.25) is 5.02 Å². The number of rotatable bonds is 11. The zero-order valence-electron chi connectivity index (χ0n) is 20.2. The molecule has 1 amide bonds. The van der Waals surface area contributed by atoms with Crippen LogP contribution in [-0.2, 0) is 14.3 Å². The molecule has 1 saturated heterocycles. The zero-order chi connectivity index (χ0) is 26.1. The molecule has 1 aromatic carbocycles. The van der Waals surface area contributed by atoms with Gasteiger partial charge in [0.25, 0.3) is 5.91 Å². The smallest absolute Gasteiger partial charge is 0.320 e. The van der Waals surface area contributed by atoms with Crippen LogP contribution in [0.5, 0.6) is 11.6 Å². The number of nitrogen functional groups attached to an aromatic ring is 1. The highest BCUT2D eigenvalue weighted by Gasteiger charge is 2.32. The lowest BCUT2D eigenvalue weighted by atomic mass is 10.0. The number of halogens is 2. The number of hydrogen-bond donors (Lipinski definition) is 2. The first-order valence-corrected chi connectivity index (χ1v) is 11.8. The van der Waals surface area contributed by atoms with Crippen molar-refractivity contribution < 1.29 is 32.9 Å². The van der Waals surface area contributed by atoms with Crippen molar-refractivity contribution in [2.24, 2.45) is 0 Å². The van der Waals surface area contributed by atoms with E-state index in [1.807, 2.05) is 4.90 Å². The molecular formula is C24H30ClFN4O6. The van der Waals surface area contributed by atoms with E-state index in [4.69, 9.17) is 36.3 Å². The number of esters is 1. The highest BCUT2D eigenvalue weighted by molar-refractivity contribution is 6.33. The molecule has 3 rings (SSSR count). The number of nitrogens with one attached hydrogen (secondary N) is 1. The summed E-state index contributed by atoms with van der Waals surface area (Å²) in [5.41, 5.74) is 5.85. The van der Waals surface area contributed by atoms with E-state index in [1.165, 1.54) is 37.4 Å². The Morgan fingerprint density at radius 2 is 2.00 bits per heavy atom. The molecule has 196 valence electrons. The minimum atomic E-state index is -0.413. The molecule has 0 bridgehead atoms. The molecule has 1 fully saturated rings. The van der Waals surface area contributed by atoms with Gasteiger partial charge in [0, 0.05) is 26.6 Å². The normalized spacial score (nSPS) is 17.9. The van der Waals surface area contributed by atoms with E-state index < -0.39 is 5.91 Å². The summed E-state index contributed by atoms with van der Waals surface area (Å²) in [6.45, 7) is 1.65. The second-order valence-electron chi connectivity index (χ2n) is 8.17. The van der Waals surface area contributed by atoms with Gasteiger partial charge in [-0.25, -0.2) is 4.39 Å². The number of piperidine rings is 1. The molecule has 10 nitrogen and oxygen atoms in total. The van der Waals surface area contributed by atoms with E-state index in [0.717, 1.165) is 0 Å². The minimum absolute atomic E-state index is 0.0698. The fourth-order valence-corrected chi connectivity index (χ4v) is 3.92. The van der Waals surface area contributed by atoms with Crippen LogP contribution >= 0.6 is 11.6 Å². The third-order valence-corrected chi connectivity index (χ3v) is 5.96. The molecule has 36 heavy (non-hydrogen) atoms. The van der Waals surface area contributed by atoms with E-state index in [0.29, 0.717) is 38.3 Å². The molecule has 0 aliphatic carbocycles. The molecule has 3 N–H and O–H groups in total. The topological polar surface area (TPSA) is 125 Å². The number of benzene rings is 1. The van der Waals surface area contributed by atoms with Crippen LogP contribution in [0, 0.1) is 5.82 Å². The lowest BCUT2D eigenvalue weighted by molar-refractivity contribution is -0.146. The van der Waals surface area contributed by atoms with E-state index in [9.17, 15) is 14.0 Å². The number of aromatic nitrogens is 1. The van der Waals surface area contributed by atoms with Gasteiger partial charge in [-0.05, 0) is 36.8 Å². The molecule has 0 radical (unpaired) electrons. The number of nitrogens with zero attached hydrogens (tertiary/aromatic N) is 2. The quantitative estimate of drug-likeness (QED) is 0.336. The second kappa shape index (κ2) is 13.2. The van der Waals surface area contributed by atoms with E-state index in [2.05, 4.69) is 10.3 Å². The average molecular weight is 525 g/mol. The predicted molar refractivity (Wildman–Crippen MR) is 131 cm³/mol. The Hall–Kier alpha value is -3.15. The van der Waals surface area contributed by atoms with Gasteiger partial charge in [-0.15, -0.1) is 0 Å². The maximum absolute atomic E-state index is 12.9. The number of methoxy groups -OCH3 is 2. The summed E-state index contributed by atoms with van der Waals surface area (Å²) >= 11 is 6.02. The molecule has 1 aliphatic heterocycles. The van der Waals surface area contributed by atoms with Crippen molar-refractivity contribution in [2.45, 2.75) is 25.0 Å². The molecular weight excluding hydrogens is 495 g/mol. The summed E-state index contributed by atoms with van der Waals surface area (Å²) in [5.74, 6) is -0.405. The SMILES string of the molecule is COc1nc(N)c(Cl)cc1C(=O)N[C@H]1CCN(CC(=O)OCCCOc2ccc(F)cc2)C[C@H]1OC. The van der Waals surface area contributed by atoms with Gasteiger partial charge in [0.1, 0.15) is 22.9 Å². The van der Waals surface area contributed by atoms with Crippen LogP contribution < -0.4 is 20.5 Å². The molecule has 2 aromatic rings. The van der Waals surface area contributed by atoms with Crippen molar-refractivity contribution in [3.05, 3.63) is 46.7 Å². The van der Waals surface area contributed by atoms with Crippen LogP contribution in [0.15, 0.2) is 30.3 Å². The van der Waals surface area contributed by atoms with Crippen LogP contribution in [0.4, 0.5) is 10.2 Å². The van der Waals surface area contributed by atoms with Crippen LogP contribution in [0.1, 0.15) is 23.2 Å². The number of carbonyl (C=O) groups is 2. The summed E-state index contributed by atoms with van der Waals surface area (Å²) in [6, 6.07) is 6.84. The minimum Gasteiger partial charge on any atom is -0.493 e. The highest BCUT2D eigenvalue weighted by Crippen LogP contribution is 2.25. The Morgan fingerprint density at radius 3 is 2.69 bits per heavy atom. The van der Waals surface area contributed by atoms with Crippen molar-refractivity contribution >= 4 is 29.3 Å². The summed E-state index contributed by atoms with van der Waals surface area (Å²) in [7, 11) is 2.94. The monoisotopic (exact) mass is 524 g/mol. The number of hydrogen-bond acceptors (Lipinski definition) is 9. The van der Waals surface area contributed by atoms with Gasteiger partial charge in [0.05, 0.1) is 44.0 Å². The number of nitrogens with two attached hydrogens (primary N) is 1. The third kappa shape index (κ3) is 7.67. The molecule has 1 aromatic heterocycles. The lowest BCUT2D eigenvalue weighted by Gasteiger charge is -2.37. The molecule has 1 aliphatic rings. The number of carbonyl (C=O) groups excluding carboxylic acids is 2. The highest BCUT2D eigenvalue weighted by atomic mass is 35.5. The van der Waals surface area contributed by atoms with Crippen molar-refractivity contribution in [1.82, 2.24) is 15.2 Å². The molecule has 0 saturated carbocycles. The van der Waals surface area contributed by atoms with Gasteiger partial charge in [0.15, 0.2) is 0 Å². The molecule has 0 unspecified atom stereocenters. The van der Waals surface area contributed by atoms with E-state index in [-0.39, 0.29) is 59.4 Å². The molecule has 0 spiro atoms. The van der Waals surface area contributed by atoms with Crippen LogP contribution in [0.3, 0.4) is 0 Å². The Morgan fingerprint density at radius 1 is 1.25 bits per heavy atom. The van der Waals surface area contributed by atoms with E-state index in [1.54, 1.807) is 7.11 Å². The summed E-state index contributed by atoms with van der Waals surface area (Å²) in [5, 5.41) is 3.09. The average Bonchev–Trinajstić information content (AvgIpc) is 2.87. The van der Waals surface area contributed by atoms with E-state index >= 15 is 0 Å². The van der Waals surface area contributed by atoms with Gasteiger partial charge in [-0.2, -0.15) is 4.98 Å².